The number of benzene rings is 1. The van der Waals surface area contributed by atoms with Crippen LogP contribution in [0, 0.1) is 5.82 Å². The Bertz CT molecular complexity index is 676. The van der Waals surface area contributed by atoms with Gasteiger partial charge < -0.3 is 5.11 Å². The number of carbonyl (C=O) groups is 1. The lowest BCUT2D eigenvalue weighted by Gasteiger charge is -2.21. The fourth-order valence-corrected chi connectivity index (χ4v) is 2.91. The van der Waals surface area contributed by atoms with Crippen LogP contribution in [0.5, 0.6) is 0 Å². The Balaban J connectivity index is 1.80. The van der Waals surface area contributed by atoms with E-state index in [9.17, 15) is 14.3 Å². The van der Waals surface area contributed by atoms with Crippen molar-refractivity contribution in [2.75, 3.05) is 6.54 Å². The van der Waals surface area contributed by atoms with Gasteiger partial charge in [0, 0.05) is 24.5 Å². The number of carboxylic acid groups (broad SMARTS) is 1. The standard InChI is InChI=1S/C17H17FN2O2/c18-15-10-13(12-5-7-19-8-6-12)3-4-14(15)11-20-9-1-2-16(20)17(21)22/h3-8,10,16H,1-2,9,11H2,(H,21,22)/t16-/m1/s1. The summed E-state index contributed by atoms with van der Waals surface area (Å²) in [5.74, 6) is -1.13. The molecule has 3 rings (SSSR count). The third-order valence-corrected chi connectivity index (χ3v) is 4.09. The maximum Gasteiger partial charge on any atom is 0.320 e. The topological polar surface area (TPSA) is 53.4 Å². The van der Waals surface area contributed by atoms with Gasteiger partial charge in [-0.05, 0) is 48.7 Å². The molecule has 5 heteroatoms. The highest BCUT2D eigenvalue weighted by Gasteiger charge is 2.30. The van der Waals surface area contributed by atoms with Gasteiger partial charge in [0.25, 0.3) is 0 Å². The van der Waals surface area contributed by atoms with E-state index < -0.39 is 12.0 Å². The second-order valence-corrected chi connectivity index (χ2v) is 5.51. The van der Waals surface area contributed by atoms with Crippen molar-refractivity contribution in [1.82, 2.24) is 9.88 Å². The lowest BCUT2D eigenvalue weighted by atomic mass is 10.0. The molecule has 0 aliphatic carbocycles. The molecule has 0 amide bonds. The van der Waals surface area contributed by atoms with Crippen LogP contribution in [-0.2, 0) is 11.3 Å². The normalized spacial score (nSPS) is 18.5. The van der Waals surface area contributed by atoms with Gasteiger partial charge in [-0.1, -0.05) is 12.1 Å². The zero-order valence-corrected chi connectivity index (χ0v) is 12.1. The Morgan fingerprint density at radius 1 is 1.27 bits per heavy atom. The maximum absolute atomic E-state index is 14.3. The van der Waals surface area contributed by atoms with Crippen LogP contribution in [0.3, 0.4) is 0 Å². The smallest absolute Gasteiger partial charge is 0.320 e. The van der Waals surface area contributed by atoms with Crippen LogP contribution in [0.15, 0.2) is 42.7 Å². The van der Waals surface area contributed by atoms with Crippen molar-refractivity contribution in [3.63, 3.8) is 0 Å². The Kier molecular flexibility index (Phi) is 4.15. The van der Waals surface area contributed by atoms with Gasteiger partial charge >= 0.3 is 5.97 Å². The fraction of sp³-hybridized carbons (Fsp3) is 0.294. The highest BCUT2D eigenvalue weighted by Crippen LogP contribution is 2.25. The van der Waals surface area contributed by atoms with Crippen molar-refractivity contribution in [3.8, 4) is 11.1 Å². The largest absolute Gasteiger partial charge is 0.480 e. The SMILES string of the molecule is O=C(O)[C@H]1CCCN1Cc1ccc(-c2ccncc2)cc1F. The minimum Gasteiger partial charge on any atom is -0.480 e. The van der Waals surface area contributed by atoms with Crippen molar-refractivity contribution < 1.29 is 14.3 Å². The highest BCUT2D eigenvalue weighted by atomic mass is 19.1. The summed E-state index contributed by atoms with van der Waals surface area (Å²) in [5.41, 5.74) is 2.23. The molecule has 1 aromatic heterocycles. The quantitative estimate of drug-likeness (QED) is 0.943. The molecule has 1 N–H and O–H groups in total. The van der Waals surface area contributed by atoms with Gasteiger partial charge in [-0.25, -0.2) is 4.39 Å². The number of aromatic nitrogens is 1. The van der Waals surface area contributed by atoms with E-state index in [-0.39, 0.29) is 5.82 Å². The number of halogens is 1. The lowest BCUT2D eigenvalue weighted by molar-refractivity contribution is -0.142. The van der Waals surface area contributed by atoms with E-state index in [1.54, 1.807) is 18.5 Å². The number of nitrogens with zero attached hydrogens (tertiary/aromatic N) is 2. The maximum atomic E-state index is 14.3. The van der Waals surface area contributed by atoms with Gasteiger partial charge in [0.1, 0.15) is 11.9 Å². The predicted molar refractivity (Wildman–Crippen MR) is 80.7 cm³/mol. The average Bonchev–Trinajstić information content (AvgIpc) is 2.98. The Labute approximate surface area is 128 Å². The van der Waals surface area contributed by atoms with Crippen LogP contribution in [0.1, 0.15) is 18.4 Å². The first-order valence-corrected chi connectivity index (χ1v) is 7.31. The summed E-state index contributed by atoms with van der Waals surface area (Å²) in [5, 5.41) is 9.18. The summed E-state index contributed by atoms with van der Waals surface area (Å²) in [6, 6.07) is 8.25. The van der Waals surface area contributed by atoms with Gasteiger partial charge in [0.15, 0.2) is 0 Å². The molecule has 22 heavy (non-hydrogen) atoms. The highest BCUT2D eigenvalue weighted by molar-refractivity contribution is 5.73. The van der Waals surface area contributed by atoms with E-state index in [0.29, 0.717) is 25.1 Å². The third kappa shape index (κ3) is 2.99. The summed E-state index contributed by atoms with van der Waals surface area (Å²) in [6.45, 7) is 1.03. The van der Waals surface area contributed by atoms with Crippen LogP contribution in [0.25, 0.3) is 11.1 Å². The molecule has 0 unspecified atom stereocenters. The molecule has 0 saturated carbocycles. The summed E-state index contributed by atoms with van der Waals surface area (Å²) < 4.78 is 14.3. The van der Waals surface area contributed by atoms with Crippen LogP contribution in [-0.4, -0.2) is 33.5 Å². The second-order valence-electron chi connectivity index (χ2n) is 5.51. The predicted octanol–water partition coefficient (Wildman–Crippen LogP) is 2.94. The van der Waals surface area contributed by atoms with Gasteiger partial charge in [-0.2, -0.15) is 0 Å². The summed E-state index contributed by atoms with van der Waals surface area (Å²) in [7, 11) is 0. The molecular weight excluding hydrogens is 283 g/mol. The van der Waals surface area contributed by atoms with Gasteiger partial charge in [0.05, 0.1) is 0 Å². The van der Waals surface area contributed by atoms with E-state index in [0.717, 1.165) is 17.5 Å². The van der Waals surface area contributed by atoms with E-state index in [1.807, 2.05) is 23.1 Å². The Morgan fingerprint density at radius 2 is 2.05 bits per heavy atom. The second kappa shape index (κ2) is 6.23. The van der Waals surface area contributed by atoms with Gasteiger partial charge in [0.2, 0.25) is 0 Å². The van der Waals surface area contributed by atoms with E-state index in [4.69, 9.17) is 0 Å². The van der Waals surface area contributed by atoms with Gasteiger partial charge in [-0.15, -0.1) is 0 Å². The fourth-order valence-electron chi connectivity index (χ4n) is 2.91. The zero-order valence-electron chi connectivity index (χ0n) is 12.1. The lowest BCUT2D eigenvalue weighted by Crippen LogP contribution is -2.35. The molecular formula is C17H17FN2O2. The molecule has 1 fully saturated rings. The molecule has 1 aliphatic heterocycles. The van der Waals surface area contributed by atoms with Crippen molar-refractivity contribution in [2.24, 2.45) is 0 Å². The summed E-state index contributed by atoms with van der Waals surface area (Å²) in [6.07, 6.45) is 4.81. The molecule has 2 aromatic rings. The van der Waals surface area contributed by atoms with E-state index in [1.165, 1.54) is 6.07 Å². The van der Waals surface area contributed by atoms with E-state index >= 15 is 0 Å². The molecule has 114 valence electrons. The zero-order chi connectivity index (χ0) is 15.5. The number of hydrogen-bond acceptors (Lipinski definition) is 3. The number of pyridine rings is 1. The number of carboxylic acids is 1. The minimum absolute atomic E-state index is 0.301. The number of likely N-dealkylation sites (tertiary alicyclic amines) is 1. The third-order valence-electron chi connectivity index (χ3n) is 4.09. The molecule has 0 spiro atoms. The first kappa shape index (κ1) is 14.7. The van der Waals surface area contributed by atoms with Crippen LogP contribution in [0.4, 0.5) is 4.39 Å². The Hall–Kier alpha value is -2.27. The van der Waals surface area contributed by atoms with Crippen molar-refractivity contribution in [1.29, 1.82) is 0 Å². The average molecular weight is 300 g/mol. The summed E-state index contributed by atoms with van der Waals surface area (Å²) >= 11 is 0. The monoisotopic (exact) mass is 300 g/mol. The van der Waals surface area contributed by atoms with E-state index in [2.05, 4.69) is 4.98 Å². The first-order chi connectivity index (χ1) is 10.6. The van der Waals surface area contributed by atoms with Crippen LogP contribution in [0.2, 0.25) is 0 Å². The minimum atomic E-state index is -0.827. The van der Waals surface area contributed by atoms with Gasteiger partial charge in [-0.3, -0.25) is 14.7 Å². The first-order valence-electron chi connectivity index (χ1n) is 7.31. The molecule has 4 nitrogen and oxygen atoms in total. The molecule has 2 heterocycles. The van der Waals surface area contributed by atoms with Crippen molar-refractivity contribution in [2.45, 2.75) is 25.4 Å². The van der Waals surface area contributed by atoms with Crippen molar-refractivity contribution in [3.05, 3.63) is 54.1 Å². The molecule has 1 atom stereocenters. The number of rotatable bonds is 4. The number of aliphatic carboxylic acids is 1. The molecule has 1 saturated heterocycles. The summed E-state index contributed by atoms with van der Waals surface area (Å²) in [4.78, 5) is 17.0. The molecule has 0 bridgehead atoms. The van der Waals surface area contributed by atoms with Crippen LogP contribution >= 0.6 is 0 Å². The molecule has 1 aliphatic rings. The molecule has 0 radical (unpaired) electrons. The van der Waals surface area contributed by atoms with Crippen molar-refractivity contribution >= 4 is 5.97 Å². The number of hydrogen-bond donors (Lipinski definition) is 1. The molecule has 1 aromatic carbocycles. The Morgan fingerprint density at radius 3 is 2.73 bits per heavy atom. The van der Waals surface area contributed by atoms with Crippen LogP contribution < -0.4 is 0 Å².